The first-order valence-corrected chi connectivity index (χ1v) is 7.96. The molecular formula is C12H15ClN2O4S. The fourth-order valence-corrected chi connectivity index (χ4v) is 3.14. The smallest absolute Gasteiger partial charge is 0.248 e. The number of hydrogen-bond donors (Lipinski definition) is 1. The lowest BCUT2D eigenvalue weighted by Crippen LogP contribution is -2.45. The van der Waals surface area contributed by atoms with Crippen LogP contribution < -0.4 is 4.72 Å². The molecule has 0 aromatic heterocycles. The van der Waals surface area contributed by atoms with Crippen LogP contribution in [0.15, 0.2) is 29.2 Å². The molecule has 1 heterocycles. The Morgan fingerprint density at radius 3 is 2.90 bits per heavy atom. The predicted octanol–water partition coefficient (Wildman–Crippen LogP) is 0.477. The van der Waals surface area contributed by atoms with Gasteiger partial charge in [0, 0.05) is 24.7 Å². The molecule has 1 fully saturated rings. The van der Waals surface area contributed by atoms with E-state index in [-0.39, 0.29) is 24.0 Å². The van der Waals surface area contributed by atoms with Gasteiger partial charge in [0.15, 0.2) is 0 Å². The Balaban J connectivity index is 1.91. The molecule has 1 amide bonds. The normalized spacial score (nSPS) is 16.4. The van der Waals surface area contributed by atoms with Crippen LogP contribution in [0.2, 0.25) is 5.02 Å². The Labute approximate surface area is 122 Å². The average molecular weight is 319 g/mol. The summed E-state index contributed by atoms with van der Waals surface area (Å²) in [5.41, 5.74) is 0. The fourth-order valence-electron chi connectivity index (χ4n) is 1.82. The SMILES string of the molecule is O=C1COCCN1CCNS(=O)(=O)c1cccc(Cl)c1. The molecule has 1 aliphatic heterocycles. The lowest BCUT2D eigenvalue weighted by Gasteiger charge is -2.26. The van der Waals surface area contributed by atoms with Gasteiger partial charge in [-0.25, -0.2) is 13.1 Å². The fraction of sp³-hybridized carbons (Fsp3) is 0.417. The van der Waals surface area contributed by atoms with Gasteiger partial charge >= 0.3 is 0 Å². The van der Waals surface area contributed by atoms with Crippen molar-refractivity contribution >= 4 is 27.5 Å². The summed E-state index contributed by atoms with van der Waals surface area (Å²) in [5.74, 6) is -0.127. The second-order valence-corrected chi connectivity index (χ2v) is 6.49. The molecule has 0 unspecified atom stereocenters. The minimum atomic E-state index is -3.60. The number of carbonyl (C=O) groups is 1. The number of halogens is 1. The van der Waals surface area contributed by atoms with Crippen molar-refractivity contribution in [2.45, 2.75) is 4.90 Å². The Bertz CT molecular complexity index is 591. The van der Waals surface area contributed by atoms with Crippen LogP contribution >= 0.6 is 11.6 Å². The molecule has 1 N–H and O–H groups in total. The summed E-state index contributed by atoms with van der Waals surface area (Å²) in [6.45, 7) is 1.49. The summed E-state index contributed by atoms with van der Waals surface area (Å²) in [4.78, 5) is 13.2. The van der Waals surface area contributed by atoms with Crippen molar-refractivity contribution in [3.63, 3.8) is 0 Å². The van der Waals surface area contributed by atoms with Crippen LogP contribution in [-0.4, -0.2) is 52.1 Å². The number of nitrogens with zero attached hydrogens (tertiary/aromatic N) is 1. The number of ether oxygens (including phenoxy) is 1. The molecule has 6 nitrogen and oxygen atoms in total. The van der Waals surface area contributed by atoms with Gasteiger partial charge in [0.2, 0.25) is 15.9 Å². The molecule has 1 aliphatic rings. The summed E-state index contributed by atoms with van der Waals surface area (Å²) in [6.07, 6.45) is 0. The molecule has 1 aromatic rings. The quantitative estimate of drug-likeness (QED) is 0.856. The number of nitrogens with one attached hydrogen (secondary N) is 1. The molecule has 0 atom stereocenters. The highest BCUT2D eigenvalue weighted by Crippen LogP contribution is 2.14. The number of benzene rings is 1. The molecule has 0 spiro atoms. The van der Waals surface area contributed by atoms with Gasteiger partial charge in [-0.2, -0.15) is 0 Å². The molecule has 8 heteroatoms. The molecule has 0 bridgehead atoms. The van der Waals surface area contributed by atoms with Crippen LogP contribution in [0.5, 0.6) is 0 Å². The van der Waals surface area contributed by atoms with E-state index in [9.17, 15) is 13.2 Å². The van der Waals surface area contributed by atoms with Crippen LogP contribution in [0.1, 0.15) is 0 Å². The Hall–Kier alpha value is -1.15. The van der Waals surface area contributed by atoms with Crippen LogP contribution in [0.3, 0.4) is 0 Å². The lowest BCUT2D eigenvalue weighted by atomic mass is 10.4. The lowest BCUT2D eigenvalue weighted by molar-refractivity contribution is -0.142. The molecule has 20 heavy (non-hydrogen) atoms. The minimum Gasteiger partial charge on any atom is -0.370 e. The van der Waals surface area contributed by atoms with Crippen LogP contribution in [0.25, 0.3) is 0 Å². The van der Waals surface area contributed by atoms with Gasteiger partial charge in [-0.3, -0.25) is 4.79 Å². The van der Waals surface area contributed by atoms with Crippen LogP contribution in [0, 0.1) is 0 Å². The van der Waals surface area contributed by atoms with Gasteiger partial charge in [-0.15, -0.1) is 0 Å². The molecule has 1 saturated heterocycles. The minimum absolute atomic E-state index is 0.0566. The van der Waals surface area contributed by atoms with Gasteiger partial charge in [0.05, 0.1) is 11.5 Å². The van der Waals surface area contributed by atoms with Crippen molar-refractivity contribution in [2.24, 2.45) is 0 Å². The maximum Gasteiger partial charge on any atom is 0.248 e. The summed E-state index contributed by atoms with van der Waals surface area (Å²) in [7, 11) is -3.60. The first kappa shape index (κ1) is 15.2. The third kappa shape index (κ3) is 3.92. The van der Waals surface area contributed by atoms with Gasteiger partial charge in [-0.1, -0.05) is 17.7 Å². The van der Waals surface area contributed by atoms with Gasteiger partial charge < -0.3 is 9.64 Å². The Morgan fingerprint density at radius 1 is 1.40 bits per heavy atom. The molecule has 0 saturated carbocycles. The molecule has 2 rings (SSSR count). The monoisotopic (exact) mass is 318 g/mol. The van der Waals surface area contributed by atoms with Crippen molar-refractivity contribution in [1.82, 2.24) is 9.62 Å². The summed E-state index contributed by atoms with van der Waals surface area (Å²) in [6, 6.07) is 6.02. The average Bonchev–Trinajstić information content (AvgIpc) is 2.41. The Morgan fingerprint density at radius 2 is 2.20 bits per heavy atom. The van der Waals surface area contributed by atoms with Crippen LogP contribution in [-0.2, 0) is 19.6 Å². The van der Waals surface area contributed by atoms with Crippen molar-refractivity contribution in [2.75, 3.05) is 32.8 Å². The first-order valence-electron chi connectivity index (χ1n) is 6.10. The molecule has 0 aliphatic carbocycles. The van der Waals surface area contributed by atoms with E-state index < -0.39 is 10.0 Å². The zero-order valence-corrected chi connectivity index (χ0v) is 12.3. The number of amides is 1. The zero-order chi connectivity index (χ0) is 14.6. The molecular weight excluding hydrogens is 304 g/mol. The largest absolute Gasteiger partial charge is 0.370 e. The number of morpholine rings is 1. The highest BCUT2D eigenvalue weighted by molar-refractivity contribution is 7.89. The summed E-state index contributed by atoms with van der Waals surface area (Å²) >= 11 is 5.77. The highest BCUT2D eigenvalue weighted by Gasteiger charge is 2.19. The second-order valence-electron chi connectivity index (χ2n) is 4.29. The van der Waals surface area contributed by atoms with Crippen molar-refractivity contribution in [1.29, 1.82) is 0 Å². The van der Waals surface area contributed by atoms with E-state index in [1.165, 1.54) is 12.1 Å². The van der Waals surface area contributed by atoms with Crippen molar-refractivity contribution in [3.05, 3.63) is 29.3 Å². The molecule has 1 aromatic carbocycles. The van der Waals surface area contributed by atoms with Gasteiger partial charge in [-0.05, 0) is 18.2 Å². The van der Waals surface area contributed by atoms with Crippen molar-refractivity contribution < 1.29 is 17.9 Å². The predicted molar refractivity (Wildman–Crippen MR) is 74.0 cm³/mol. The third-order valence-electron chi connectivity index (χ3n) is 2.86. The molecule has 110 valence electrons. The van der Waals surface area contributed by atoms with E-state index in [4.69, 9.17) is 16.3 Å². The van der Waals surface area contributed by atoms with Crippen molar-refractivity contribution in [3.8, 4) is 0 Å². The van der Waals surface area contributed by atoms with Gasteiger partial charge in [0.1, 0.15) is 6.61 Å². The van der Waals surface area contributed by atoms with Crippen LogP contribution in [0.4, 0.5) is 0 Å². The topological polar surface area (TPSA) is 75.7 Å². The number of sulfonamides is 1. The standard InChI is InChI=1S/C12H15ClN2O4S/c13-10-2-1-3-11(8-10)20(17,18)14-4-5-15-6-7-19-9-12(15)16/h1-3,8,14H,4-7,9H2. The van der Waals surface area contributed by atoms with E-state index in [0.717, 1.165) is 0 Å². The van der Waals surface area contributed by atoms with Gasteiger partial charge in [0.25, 0.3) is 0 Å². The second kappa shape index (κ2) is 6.53. The number of rotatable bonds is 5. The number of carbonyl (C=O) groups excluding carboxylic acids is 1. The molecule has 0 radical (unpaired) electrons. The third-order valence-corrected chi connectivity index (χ3v) is 4.56. The van der Waals surface area contributed by atoms with E-state index in [1.54, 1.807) is 17.0 Å². The zero-order valence-electron chi connectivity index (χ0n) is 10.7. The highest BCUT2D eigenvalue weighted by atomic mass is 35.5. The first-order chi connectivity index (χ1) is 9.49. The Kier molecular flexibility index (Phi) is 4.98. The van der Waals surface area contributed by atoms with E-state index in [2.05, 4.69) is 4.72 Å². The van der Waals surface area contributed by atoms with E-state index in [0.29, 0.717) is 24.7 Å². The maximum atomic E-state index is 12.0. The maximum absolute atomic E-state index is 12.0. The number of hydrogen-bond acceptors (Lipinski definition) is 4. The van der Waals surface area contributed by atoms with E-state index >= 15 is 0 Å². The van der Waals surface area contributed by atoms with E-state index in [1.807, 2.05) is 0 Å². The summed E-state index contributed by atoms with van der Waals surface area (Å²) < 4.78 is 31.5. The summed E-state index contributed by atoms with van der Waals surface area (Å²) in [5, 5.41) is 0.358.